The van der Waals surface area contributed by atoms with Crippen LogP contribution in [-0.2, 0) is 14.3 Å². The lowest BCUT2D eigenvalue weighted by atomic mass is 9.47. The first-order valence-electron chi connectivity index (χ1n) is 10.5. The number of epoxide rings is 1. The third kappa shape index (κ3) is 1.95. The average molecular weight is 393 g/mol. The molecule has 4 rings (SSSR count). The molecule has 4 aliphatic rings. The molecular weight excluding hydrogens is 359 g/mol. The molecule has 0 unspecified atom stereocenters. The van der Waals surface area contributed by atoms with Crippen molar-refractivity contribution in [2.24, 2.45) is 28.6 Å². The summed E-state index contributed by atoms with van der Waals surface area (Å²) in [5, 5.41) is 11.0. The maximum atomic E-state index is 13.1. The van der Waals surface area contributed by atoms with Crippen LogP contribution < -0.4 is 0 Å². The lowest BCUT2D eigenvalue weighted by Gasteiger charge is -2.56. The van der Waals surface area contributed by atoms with Crippen LogP contribution >= 0.6 is 0 Å². The van der Waals surface area contributed by atoms with E-state index in [1.165, 1.54) is 0 Å². The number of esters is 1. The number of rotatable bonds is 4. The maximum Gasteiger partial charge on any atom is 0.337 e. The number of carbonyl (C=O) groups excluding carboxylic acids is 1. The molecule has 1 spiro atoms. The molecule has 5 heteroatoms. The van der Waals surface area contributed by atoms with E-state index < -0.39 is 41.5 Å². The fourth-order valence-corrected chi connectivity index (χ4v) is 7.78. The summed E-state index contributed by atoms with van der Waals surface area (Å²) in [5.74, 6) is -0.395. The summed E-state index contributed by atoms with van der Waals surface area (Å²) in [6.45, 7) is 15.5. The van der Waals surface area contributed by atoms with Crippen LogP contribution in [0.3, 0.4) is 0 Å². The Morgan fingerprint density at radius 3 is 2.64 bits per heavy atom. The molecule has 156 valence electrons. The highest BCUT2D eigenvalue weighted by Gasteiger charge is 2.92. The standard InChI is InChI=1S/C23H33FO4/c1-7-13(2)16-10-18(27-19(26)12-24)20(5)14(3)8-9-22(15(16)4)11-17(25)21(6)23(20,22)28-21/h7,14-18,25H,1-2,8-12H2,3-6H3/t14-,15+,16+,17+,18-,20+,21+,22+,23+/m1/s1. The molecule has 1 heterocycles. The van der Waals surface area contributed by atoms with E-state index in [1.807, 2.05) is 6.92 Å². The van der Waals surface area contributed by atoms with Gasteiger partial charge in [-0.15, -0.1) is 0 Å². The molecule has 0 aromatic carbocycles. The summed E-state index contributed by atoms with van der Waals surface area (Å²) >= 11 is 0. The van der Waals surface area contributed by atoms with Crippen molar-refractivity contribution in [3.05, 3.63) is 24.8 Å². The van der Waals surface area contributed by atoms with Gasteiger partial charge in [0.2, 0.25) is 0 Å². The van der Waals surface area contributed by atoms with E-state index in [2.05, 4.69) is 33.9 Å². The summed E-state index contributed by atoms with van der Waals surface area (Å²) < 4.78 is 25.4. The van der Waals surface area contributed by atoms with Crippen molar-refractivity contribution < 1.29 is 23.8 Å². The van der Waals surface area contributed by atoms with Crippen molar-refractivity contribution in [3.8, 4) is 0 Å². The van der Waals surface area contributed by atoms with Gasteiger partial charge in [-0.3, -0.25) is 0 Å². The van der Waals surface area contributed by atoms with Crippen molar-refractivity contribution >= 4 is 5.97 Å². The second kappa shape index (κ2) is 5.91. The van der Waals surface area contributed by atoms with Gasteiger partial charge in [0.05, 0.1) is 6.10 Å². The molecule has 1 aliphatic heterocycles. The van der Waals surface area contributed by atoms with Gasteiger partial charge in [-0.25, -0.2) is 9.18 Å². The van der Waals surface area contributed by atoms with Crippen molar-refractivity contribution in [3.63, 3.8) is 0 Å². The van der Waals surface area contributed by atoms with Crippen molar-refractivity contribution in [1.82, 2.24) is 0 Å². The Balaban J connectivity index is 1.93. The van der Waals surface area contributed by atoms with Gasteiger partial charge in [0.25, 0.3) is 0 Å². The van der Waals surface area contributed by atoms with Crippen LogP contribution in [0.5, 0.6) is 0 Å². The van der Waals surface area contributed by atoms with Crippen molar-refractivity contribution in [2.75, 3.05) is 6.67 Å². The van der Waals surface area contributed by atoms with Gasteiger partial charge in [-0.05, 0) is 50.4 Å². The van der Waals surface area contributed by atoms with E-state index in [1.54, 1.807) is 6.08 Å². The zero-order valence-electron chi connectivity index (χ0n) is 17.5. The molecule has 28 heavy (non-hydrogen) atoms. The van der Waals surface area contributed by atoms with E-state index in [0.29, 0.717) is 12.8 Å². The first-order valence-corrected chi connectivity index (χ1v) is 10.5. The van der Waals surface area contributed by atoms with Crippen LogP contribution in [0.4, 0.5) is 4.39 Å². The molecule has 0 radical (unpaired) electrons. The lowest BCUT2D eigenvalue weighted by molar-refractivity contribution is -0.180. The highest BCUT2D eigenvalue weighted by atomic mass is 19.1. The Kier molecular flexibility index (Phi) is 4.24. The summed E-state index contributed by atoms with van der Waals surface area (Å²) in [6.07, 6.45) is 3.90. The van der Waals surface area contributed by atoms with Gasteiger partial charge >= 0.3 is 5.97 Å². The van der Waals surface area contributed by atoms with Gasteiger partial charge in [-0.1, -0.05) is 45.6 Å². The molecule has 1 saturated heterocycles. The third-order valence-electron chi connectivity index (χ3n) is 9.46. The molecule has 0 aromatic heterocycles. The minimum absolute atomic E-state index is 0.0395. The van der Waals surface area contributed by atoms with Crippen LogP contribution in [0, 0.1) is 28.6 Å². The van der Waals surface area contributed by atoms with Crippen molar-refractivity contribution in [1.29, 1.82) is 0 Å². The number of aliphatic hydroxyl groups excluding tert-OH is 1. The number of allylic oxidation sites excluding steroid dienone is 2. The Labute approximate surface area is 167 Å². The number of aliphatic hydroxyl groups is 1. The van der Waals surface area contributed by atoms with Crippen LogP contribution in [0.25, 0.3) is 0 Å². The second-order valence-electron chi connectivity index (χ2n) is 10.0. The highest BCUT2D eigenvalue weighted by molar-refractivity contribution is 5.71. The molecule has 0 aromatic rings. The quantitative estimate of drug-likeness (QED) is 0.447. The van der Waals surface area contributed by atoms with Crippen LogP contribution in [0.1, 0.15) is 53.4 Å². The first kappa shape index (κ1) is 20.1. The molecular formula is C23H33FO4. The molecule has 0 amide bonds. The minimum atomic E-state index is -1.14. The summed E-state index contributed by atoms with van der Waals surface area (Å²) in [7, 11) is 0. The average Bonchev–Trinajstić information content (AvgIpc) is 3.28. The van der Waals surface area contributed by atoms with Crippen LogP contribution in [0.15, 0.2) is 24.8 Å². The predicted octanol–water partition coefficient (Wildman–Crippen LogP) is 3.98. The zero-order chi connectivity index (χ0) is 20.7. The monoisotopic (exact) mass is 392 g/mol. The van der Waals surface area contributed by atoms with Crippen LogP contribution in [0.2, 0.25) is 0 Å². The molecule has 2 bridgehead atoms. The summed E-state index contributed by atoms with van der Waals surface area (Å²) in [6, 6.07) is 0. The molecule has 3 saturated carbocycles. The topological polar surface area (TPSA) is 59.1 Å². The first-order chi connectivity index (χ1) is 13.1. The van der Waals surface area contributed by atoms with Crippen LogP contribution in [-0.4, -0.2) is 41.2 Å². The highest BCUT2D eigenvalue weighted by Crippen LogP contribution is 2.83. The van der Waals surface area contributed by atoms with Gasteiger partial charge in [0.15, 0.2) is 6.67 Å². The second-order valence-corrected chi connectivity index (χ2v) is 10.0. The van der Waals surface area contributed by atoms with Gasteiger partial charge in [-0.2, -0.15) is 0 Å². The third-order valence-corrected chi connectivity index (χ3v) is 9.46. The SMILES string of the molecule is C=CC(=C)[C@@H]1C[C@@H](OC(=O)CF)[C@]2(C)[C@H](C)CC[C@]3(C[C@H](O)[C@]4(C)O[C@@]324)[C@H]1C. The Morgan fingerprint density at radius 2 is 2.07 bits per heavy atom. The van der Waals surface area contributed by atoms with E-state index in [4.69, 9.17) is 9.47 Å². The van der Waals surface area contributed by atoms with Gasteiger partial charge < -0.3 is 14.6 Å². The fraction of sp³-hybridized carbons (Fsp3) is 0.783. The van der Waals surface area contributed by atoms with E-state index in [9.17, 15) is 14.3 Å². The predicted molar refractivity (Wildman–Crippen MR) is 104 cm³/mol. The zero-order valence-corrected chi connectivity index (χ0v) is 17.5. The molecule has 3 aliphatic carbocycles. The van der Waals surface area contributed by atoms with Gasteiger partial charge in [0, 0.05) is 10.8 Å². The largest absolute Gasteiger partial charge is 0.460 e. The lowest BCUT2D eigenvalue weighted by Crippen LogP contribution is -2.62. The fourth-order valence-electron chi connectivity index (χ4n) is 7.78. The molecule has 1 N–H and O–H groups in total. The van der Waals surface area contributed by atoms with E-state index in [-0.39, 0.29) is 23.2 Å². The number of hydrogen-bond acceptors (Lipinski definition) is 4. The Bertz CT molecular complexity index is 736. The minimum Gasteiger partial charge on any atom is -0.460 e. The normalized spacial score (nSPS) is 54.1. The van der Waals surface area contributed by atoms with Crippen molar-refractivity contribution in [2.45, 2.75) is 76.8 Å². The number of halogens is 1. The summed E-state index contributed by atoms with van der Waals surface area (Å²) in [5.41, 5.74) is -1.06. The number of ether oxygens (including phenoxy) is 2. The number of carbonyl (C=O) groups is 1. The molecule has 4 fully saturated rings. The molecule has 4 nitrogen and oxygen atoms in total. The van der Waals surface area contributed by atoms with Gasteiger partial charge in [0.1, 0.15) is 17.3 Å². The Morgan fingerprint density at radius 1 is 1.39 bits per heavy atom. The number of hydrogen-bond donors (Lipinski definition) is 1. The van der Waals surface area contributed by atoms with E-state index >= 15 is 0 Å². The van der Waals surface area contributed by atoms with E-state index in [0.717, 1.165) is 18.4 Å². The smallest absolute Gasteiger partial charge is 0.337 e. The maximum absolute atomic E-state index is 13.1. The Hall–Kier alpha value is -1.20. The number of alkyl halides is 1. The molecule has 9 atom stereocenters. The summed E-state index contributed by atoms with van der Waals surface area (Å²) in [4.78, 5) is 12.1.